The van der Waals surface area contributed by atoms with Crippen LogP contribution in [0, 0.1) is 6.92 Å². The molecule has 0 saturated carbocycles. The molecule has 5 heteroatoms. The molecule has 2 aromatic carbocycles. The van der Waals surface area contributed by atoms with Gasteiger partial charge in [-0.15, -0.1) is 0 Å². The van der Waals surface area contributed by atoms with Gasteiger partial charge in [-0.3, -0.25) is 4.79 Å². The number of hydrogen-bond donors (Lipinski definition) is 2. The predicted molar refractivity (Wildman–Crippen MR) is 93.7 cm³/mol. The lowest BCUT2D eigenvalue weighted by molar-refractivity contribution is -0.137. The van der Waals surface area contributed by atoms with Crippen molar-refractivity contribution in [1.82, 2.24) is 0 Å². The van der Waals surface area contributed by atoms with Crippen LogP contribution in [0.4, 0.5) is 17.1 Å². The zero-order valence-electron chi connectivity index (χ0n) is 12.9. The van der Waals surface area contributed by atoms with Crippen molar-refractivity contribution < 1.29 is 9.90 Å². The van der Waals surface area contributed by atoms with E-state index in [0.717, 1.165) is 23.5 Å². The van der Waals surface area contributed by atoms with E-state index in [-0.39, 0.29) is 12.6 Å². The smallest absolute Gasteiger partial charge is 0.303 e. The molecule has 0 radical (unpaired) electrons. The van der Waals surface area contributed by atoms with Crippen molar-refractivity contribution >= 4 is 34.6 Å². The molecule has 1 atom stereocenters. The number of carboxylic acids is 1. The molecular formula is C18H19ClN2O2. The van der Waals surface area contributed by atoms with Crippen LogP contribution in [0.1, 0.15) is 24.8 Å². The van der Waals surface area contributed by atoms with Crippen molar-refractivity contribution in [2.45, 2.75) is 32.4 Å². The Kier molecular flexibility index (Phi) is 4.44. The normalized spacial score (nSPS) is 16.1. The third-order valence-electron chi connectivity index (χ3n) is 4.02. The molecule has 2 aromatic rings. The summed E-state index contributed by atoms with van der Waals surface area (Å²) in [5, 5.41) is 13.1. The van der Waals surface area contributed by atoms with Gasteiger partial charge in [0, 0.05) is 17.1 Å². The standard InChI is InChI=1S/C18H19ClN2O2/c1-12-5-10-15-16(11-12)21(14-8-6-13(19)7-9-14)17(20-15)3-2-4-18(22)23/h5-11,17,20H,2-4H2,1H3,(H,22,23). The van der Waals surface area contributed by atoms with Gasteiger partial charge in [0.2, 0.25) is 0 Å². The molecule has 4 nitrogen and oxygen atoms in total. The molecule has 3 rings (SSSR count). The number of fused-ring (bicyclic) bond motifs is 1. The maximum atomic E-state index is 10.8. The molecule has 0 aliphatic carbocycles. The highest BCUT2D eigenvalue weighted by atomic mass is 35.5. The van der Waals surface area contributed by atoms with Gasteiger partial charge in [-0.2, -0.15) is 0 Å². The first-order valence-corrected chi connectivity index (χ1v) is 8.06. The minimum atomic E-state index is -0.755. The number of halogens is 1. The Morgan fingerprint density at radius 2 is 2.00 bits per heavy atom. The van der Waals surface area contributed by atoms with Crippen LogP contribution in [0.3, 0.4) is 0 Å². The lowest BCUT2D eigenvalue weighted by Gasteiger charge is -2.27. The predicted octanol–water partition coefficient (Wildman–Crippen LogP) is 4.79. The zero-order valence-corrected chi connectivity index (χ0v) is 13.7. The highest BCUT2D eigenvalue weighted by Gasteiger charge is 2.29. The summed E-state index contributed by atoms with van der Waals surface area (Å²) >= 11 is 6.00. The van der Waals surface area contributed by atoms with Crippen molar-refractivity contribution in [1.29, 1.82) is 0 Å². The summed E-state index contributed by atoms with van der Waals surface area (Å²) in [6.45, 7) is 2.07. The first-order valence-electron chi connectivity index (χ1n) is 7.68. The van der Waals surface area contributed by atoms with E-state index in [1.807, 2.05) is 24.3 Å². The van der Waals surface area contributed by atoms with E-state index in [4.69, 9.17) is 16.7 Å². The van der Waals surface area contributed by atoms with Gasteiger partial charge in [0.05, 0.1) is 11.4 Å². The van der Waals surface area contributed by atoms with Crippen molar-refractivity contribution in [2.24, 2.45) is 0 Å². The number of nitrogens with zero attached hydrogens (tertiary/aromatic N) is 1. The molecule has 0 amide bonds. The van der Waals surface area contributed by atoms with Gasteiger partial charge >= 0.3 is 5.97 Å². The Bertz CT molecular complexity index is 715. The molecule has 120 valence electrons. The molecule has 1 heterocycles. The fourth-order valence-corrected chi connectivity index (χ4v) is 3.07. The number of carbonyl (C=O) groups is 1. The Morgan fingerprint density at radius 3 is 2.70 bits per heavy atom. The van der Waals surface area contributed by atoms with E-state index in [1.54, 1.807) is 0 Å². The summed E-state index contributed by atoms with van der Waals surface area (Å²) in [5.74, 6) is -0.755. The van der Waals surface area contributed by atoms with Crippen LogP contribution in [0.15, 0.2) is 42.5 Å². The molecule has 0 bridgehead atoms. The van der Waals surface area contributed by atoms with Gasteiger partial charge in [0.1, 0.15) is 6.17 Å². The van der Waals surface area contributed by atoms with E-state index in [1.165, 1.54) is 5.56 Å². The minimum absolute atomic E-state index is 0.0484. The van der Waals surface area contributed by atoms with Crippen LogP contribution in [-0.4, -0.2) is 17.2 Å². The molecule has 1 unspecified atom stereocenters. The van der Waals surface area contributed by atoms with E-state index >= 15 is 0 Å². The third-order valence-corrected chi connectivity index (χ3v) is 4.27. The zero-order chi connectivity index (χ0) is 16.4. The number of nitrogens with one attached hydrogen (secondary N) is 1. The molecule has 0 spiro atoms. The molecule has 0 fully saturated rings. The monoisotopic (exact) mass is 330 g/mol. The van der Waals surface area contributed by atoms with E-state index in [0.29, 0.717) is 11.4 Å². The average Bonchev–Trinajstić information content (AvgIpc) is 2.85. The van der Waals surface area contributed by atoms with Crippen LogP contribution in [0.25, 0.3) is 0 Å². The highest BCUT2D eigenvalue weighted by molar-refractivity contribution is 6.30. The van der Waals surface area contributed by atoms with Crippen LogP contribution in [0.5, 0.6) is 0 Å². The Morgan fingerprint density at radius 1 is 1.26 bits per heavy atom. The summed E-state index contributed by atoms with van der Waals surface area (Å²) in [5.41, 5.74) is 4.43. The van der Waals surface area contributed by atoms with Crippen molar-refractivity contribution in [2.75, 3.05) is 10.2 Å². The maximum absolute atomic E-state index is 10.8. The van der Waals surface area contributed by atoms with Crippen molar-refractivity contribution in [3.05, 3.63) is 53.1 Å². The fraction of sp³-hybridized carbons (Fsp3) is 0.278. The van der Waals surface area contributed by atoms with Crippen LogP contribution in [-0.2, 0) is 4.79 Å². The Balaban J connectivity index is 1.90. The summed E-state index contributed by atoms with van der Waals surface area (Å²) in [4.78, 5) is 13.0. The van der Waals surface area contributed by atoms with E-state index in [9.17, 15) is 4.79 Å². The van der Waals surface area contributed by atoms with Gasteiger partial charge in [0.15, 0.2) is 0 Å². The molecule has 0 saturated heterocycles. The molecule has 2 N–H and O–H groups in total. The quantitative estimate of drug-likeness (QED) is 0.827. The summed E-state index contributed by atoms with van der Waals surface area (Å²) in [7, 11) is 0. The summed E-state index contributed by atoms with van der Waals surface area (Å²) in [6.07, 6.45) is 1.61. The van der Waals surface area contributed by atoms with Crippen molar-refractivity contribution in [3.63, 3.8) is 0 Å². The van der Waals surface area contributed by atoms with Crippen LogP contribution >= 0.6 is 11.6 Å². The molecule has 1 aliphatic heterocycles. The molecule has 23 heavy (non-hydrogen) atoms. The summed E-state index contributed by atoms with van der Waals surface area (Å²) < 4.78 is 0. The van der Waals surface area contributed by atoms with Gasteiger partial charge in [0.25, 0.3) is 0 Å². The lowest BCUT2D eigenvalue weighted by Crippen LogP contribution is -2.31. The van der Waals surface area contributed by atoms with Crippen LogP contribution in [0.2, 0.25) is 5.02 Å². The second-order valence-electron chi connectivity index (χ2n) is 5.81. The average molecular weight is 331 g/mol. The topological polar surface area (TPSA) is 52.6 Å². The largest absolute Gasteiger partial charge is 0.481 e. The number of aliphatic carboxylic acids is 1. The first-order chi connectivity index (χ1) is 11.0. The number of rotatable bonds is 5. The SMILES string of the molecule is Cc1ccc2c(c1)N(c1ccc(Cl)cc1)C(CCCC(=O)O)N2. The Hall–Kier alpha value is -2.20. The first kappa shape index (κ1) is 15.7. The molecule has 1 aliphatic rings. The fourth-order valence-electron chi connectivity index (χ4n) is 2.94. The maximum Gasteiger partial charge on any atom is 0.303 e. The van der Waals surface area contributed by atoms with Crippen molar-refractivity contribution in [3.8, 4) is 0 Å². The molecular weight excluding hydrogens is 312 g/mol. The van der Waals surface area contributed by atoms with E-state index in [2.05, 4.69) is 35.3 Å². The number of carboxylic acid groups (broad SMARTS) is 1. The van der Waals surface area contributed by atoms with Gasteiger partial charge in [-0.1, -0.05) is 17.7 Å². The molecule has 0 aromatic heterocycles. The van der Waals surface area contributed by atoms with Gasteiger partial charge in [-0.05, 0) is 61.7 Å². The Labute approximate surface area is 140 Å². The highest BCUT2D eigenvalue weighted by Crippen LogP contribution is 2.42. The number of benzene rings is 2. The van der Waals surface area contributed by atoms with Gasteiger partial charge in [-0.25, -0.2) is 0 Å². The van der Waals surface area contributed by atoms with Gasteiger partial charge < -0.3 is 15.3 Å². The lowest BCUT2D eigenvalue weighted by atomic mass is 10.1. The second-order valence-corrected chi connectivity index (χ2v) is 6.25. The third kappa shape index (κ3) is 3.42. The van der Waals surface area contributed by atoms with Crippen LogP contribution < -0.4 is 10.2 Å². The second kappa shape index (κ2) is 6.50. The minimum Gasteiger partial charge on any atom is -0.481 e. The summed E-state index contributed by atoms with van der Waals surface area (Å²) in [6, 6.07) is 14.0. The number of hydrogen-bond acceptors (Lipinski definition) is 3. The number of anilines is 3. The number of aryl methyl sites for hydroxylation is 1. The van der Waals surface area contributed by atoms with E-state index < -0.39 is 5.97 Å².